The molecule has 0 saturated carbocycles. The van der Waals surface area contributed by atoms with Gasteiger partial charge in [0.25, 0.3) is 5.91 Å². The average molecular weight is 479 g/mol. The second-order valence-corrected chi connectivity index (χ2v) is 9.20. The van der Waals surface area contributed by atoms with E-state index in [2.05, 4.69) is 38.2 Å². The zero-order valence-electron chi connectivity index (χ0n) is 21.3. The molecule has 2 aromatic carbocycles. The molecule has 2 N–H and O–H groups in total. The van der Waals surface area contributed by atoms with Crippen LogP contribution < -0.4 is 5.32 Å². The maximum Gasteiger partial charge on any atom is 0.305 e. The average Bonchev–Trinajstić information content (AvgIpc) is 3.24. The van der Waals surface area contributed by atoms with Gasteiger partial charge in [0.15, 0.2) is 0 Å². The van der Waals surface area contributed by atoms with Crippen LogP contribution in [-0.2, 0) is 11.2 Å². The Kier molecular flexibility index (Phi) is 9.35. The number of carbonyl (C=O) groups excluding carboxylic acids is 1. The first-order valence-corrected chi connectivity index (χ1v) is 12.7. The van der Waals surface area contributed by atoms with Gasteiger partial charge < -0.3 is 19.7 Å². The van der Waals surface area contributed by atoms with Crippen molar-refractivity contribution in [2.24, 2.45) is 5.92 Å². The first-order chi connectivity index (χ1) is 16.9. The predicted molar refractivity (Wildman–Crippen MR) is 141 cm³/mol. The van der Waals surface area contributed by atoms with Crippen molar-refractivity contribution < 1.29 is 19.1 Å². The van der Waals surface area contributed by atoms with Crippen LogP contribution in [0.15, 0.2) is 52.9 Å². The fraction of sp³-hybridized carbons (Fsp3) is 0.448. The molecule has 0 bridgehead atoms. The van der Waals surface area contributed by atoms with Gasteiger partial charge in [-0.15, -0.1) is 0 Å². The number of carbonyl (C=O) groups is 2. The van der Waals surface area contributed by atoms with Gasteiger partial charge >= 0.3 is 5.97 Å². The zero-order valence-corrected chi connectivity index (χ0v) is 21.3. The number of anilines is 1. The van der Waals surface area contributed by atoms with E-state index >= 15 is 0 Å². The number of nitrogens with one attached hydrogen (secondary N) is 1. The monoisotopic (exact) mass is 478 g/mol. The van der Waals surface area contributed by atoms with Crippen molar-refractivity contribution in [2.45, 2.75) is 65.3 Å². The first-order valence-electron chi connectivity index (χ1n) is 12.7. The lowest BCUT2D eigenvalue weighted by molar-refractivity contribution is -0.137. The van der Waals surface area contributed by atoms with E-state index in [0.29, 0.717) is 11.5 Å². The normalized spacial score (nSPS) is 12.1. The molecule has 188 valence electrons. The lowest BCUT2D eigenvalue weighted by Gasteiger charge is -2.29. The molecule has 1 aromatic heterocycles. The number of benzene rings is 2. The fourth-order valence-corrected chi connectivity index (χ4v) is 4.84. The number of aliphatic carboxylic acids is 1. The highest BCUT2D eigenvalue weighted by molar-refractivity contribution is 5.94. The number of nitrogens with zero attached hydrogens (tertiary/aromatic N) is 1. The topological polar surface area (TPSA) is 82.8 Å². The third-order valence-electron chi connectivity index (χ3n) is 6.60. The van der Waals surface area contributed by atoms with Crippen molar-refractivity contribution in [3.63, 3.8) is 0 Å². The molecule has 0 aliphatic heterocycles. The zero-order chi connectivity index (χ0) is 25.4. The van der Waals surface area contributed by atoms with Crippen LogP contribution in [0.5, 0.6) is 0 Å². The van der Waals surface area contributed by atoms with Gasteiger partial charge in [-0.25, -0.2) is 0 Å². The van der Waals surface area contributed by atoms with Crippen LogP contribution in [0.3, 0.4) is 0 Å². The molecule has 0 radical (unpaired) electrons. The molecule has 3 aromatic rings. The molecule has 0 saturated heterocycles. The largest absolute Gasteiger partial charge is 0.481 e. The highest BCUT2D eigenvalue weighted by atomic mass is 16.4. The van der Waals surface area contributed by atoms with Crippen LogP contribution >= 0.6 is 0 Å². The molecule has 1 heterocycles. The summed E-state index contributed by atoms with van der Waals surface area (Å²) in [5.74, 6) is 0.369. The SMILES string of the molecule is CCCC(CCC)C(Nc1ccc(C(=O)N(C)CCC(=O)O)cc1)c1c(CC)oc2ccccc12. The molecule has 0 fully saturated rings. The Morgan fingerprint density at radius 2 is 1.66 bits per heavy atom. The van der Waals surface area contributed by atoms with Crippen LogP contribution in [0, 0.1) is 5.92 Å². The van der Waals surface area contributed by atoms with Gasteiger partial charge in [-0.2, -0.15) is 0 Å². The van der Waals surface area contributed by atoms with Crippen LogP contribution in [0.1, 0.15) is 80.6 Å². The van der Waals surface area contributed by atoms with Crippen molar-refractivity contribution in [3.05, 3.63) is 65.4 Å². The Morgan fingerprint density at radius 1 is 1.00 bits per heavy atom. The molecular formula is C29H38N2O4. The van der Waals surface area contributed by atoms with Crippen molar-refractivity contribution >= 4 is 28.5 Å². The summed E-state index contributed by atoms with van der Waals surface area (Å²) >= 11 is 0. The maximum absolute atomic E-state index is 12.7. The van der Waals surface area contributed by atoms with Crippen LogP contribution in [0.25, 0.3) is 11.0 Å². The second kappa shape index (κ2) is 12.4. The highest BCUT2D eigenvalue weighted by Crippen LogP contribution is 2.40. The second-order valence-electron chi connectivity index (χ2n) is 9.20. The Labute approximate surface area is 208 Å². The lowest BCUT2D eigenvalue weighted by Crippen LogP contribution is -2.29. The predicted octanol–water partition coefficient (Wildman–Crippen LogP) is 6.91. The van der Waals surface area contributed by atoms with E-state index in [1.165, 1.54) is 10.5 Å². The number of rotatable bonds is 13. The Morgan fingerprint density at radius 3 is 2.26 bits per heavy atom. The number of amides is 1. The lowest BCUT2D eigenvalue weighted by atomic mass is 9.84. The molecule has 6 nitrogen and oxygen atoms in total. The summed E-state index contributed by atoms with van der Waals surface area (Å²) in [5, 5.41) is 13.8. The summed E-state index contributed by atoms with van der Waals surface area (Å²) in [6.07, 6.45) is 5.19. The molecule has 0 aliphatic rings. The highest BCUT2D eigenvalue weighted by Gasteiger charge is 2.28. The van der Waals surface area contributed by atoms with E-state index in [9.17, 15) is 9.59 Å². The number of carboxylic acid groups (broad SMARTS) is 1. The van der Waals surface area contributed by atoms with Crippen molar-refractivity contribution in [2.75, 3.05) is 18.9 Å². The minimum absolute atomic E-state index is 0.0712. The number of para-hydroxylation sites is 1. The van der Waals surface area contributed by atoms with E-state index in [-0.39, 0.29) is 24.9 Å². The molecule has 3 rings (SSSR count). The number of furan rings is 1. The Hall–Kier alpha value is -3.28. The fourth-order valence-electron chi connectivity index (χ4n) is 4.84. The van der Waals surface area contributed by atoms with E-state index < -0.39 is 5.97 Å². The Bertz CT molecular complexity index is 1110. The van der Waals surface area contributed by atoms with E-state index in [1.807, 2.05) is 36.4 Å². The maximum atomic E-state index is 12.7. The van der Waals surface area contributed by atoms with Crippen molar-refractivity contribution in [1.29, 1.82) is 0 Å². The summed E-state index contributed by atoms with van der Waals surface area (Å²) in [4.78, 5) is 25.0. The molecule has 35 heavy (non-hydrogen) atoms. The minimum atomic E-state index is -0.915. The van der Waals surface area contributed by atoms with Gasteiger partial charge in [-0.1, -0.05) is 51.8 Å². The molecule has 0 spiro atoms. The van der Waals surface area contributed by atoms with Crippen molar-refractivity contribution in [3.8, 4) is 0 Å². The molecule has 1 unspecified atom stereocenters. The molecule has 1 atom stereocenters. The molecular weight excluding hydrogens is 440 g/mol. The van der Waals surface area contributed by atoms with Gasteiger partial charge in [-0.3, -0.25) is 9.59 Å². The minimum Gasteiger partial charge on any atom is -0.481 e. The van der Waals surface area contributed by atoms with Crippen molar-refractivity contribution in [1.82, 2.24) is 4.90 Å². The summed E-state index contributed by atoms with van der Waals surface area (Å²) < 4.78 is 6.26. The quantitative estimate of drug-likeness (QED) is 0.279. The van der Waals surface area contributed by atoms with E-state index in [4.69, 9.17) is 9.52 Å². The third-order valence-corrected chi connectivity index (χ3v) is 6.60. The van der Waals surface area contributed by atoms with E-state index in [0.717, 1.165) is 54.5 Å². The molecule has 0 aliphatic carbocycles. The number of fused-ring (bicyclic) bond motifs is 1. The summed E-state index contributed by atoms with van der Waals surface area (Å²) in [7, 11) is 1.63. The van der Waals surface area contributed by atoms with Gasteiger partial charge in [0.1, 0.15) is 11.3 Å². The summed E-state index contributed by atoms with van der Waals surface area (Å²) in [6.45, 7) is 6.78. The smallest absolute Gasteiger partial charge is 0.305 e. The standard InChI is InChI=1S/C29H38N2O4/c1-5-10-20(11-6-2)28(27-23-12-8-9-13-25(23)35-24(27)7-3)30-22-16-14-21(15-17-22)29(34)31(4)19-18-26(32)33/h8-9,12-17,20,28,30H,5-7,10-11,18-19H2,1-4H3,(H,32,33). The summed E-state index contributed by atoms with van der Waals surface area (Å²) in [6, 6.07) is 15.8. The van der Waals surface area contributed by atoms with Gasteiger partial charge in [0.2, 0.25) is 0 Å². The van der Waals surface area contributed by atoms with Gasteiger partial charge in [0.05, 0.1) is 12.5 Å². The van der Waals surface area contributed by atoms with Gasteiger partial charge in [-0.05, 0) is 49.1 Å². The van der Waals surface area contributed by atoms with E-state index in [1.54, 1.807) is 7.05 Å². The third kappa shape index (κ3) is 6.44. The first kappa shape index (κ1) is 26.3. The van der Waals surface area contributed by atoms with Crippen LogP contribution in [0.4, 0.5) is 5.69 Å². The molecule has 6 heteroatoms. The van der Waals surface area contributed by atoms with Crippen LogP contribution in [0.2, 0.25) is 0 Å². The number of carboxylic acids is 1. The number of hydrogen-bond donors (Lipinski definition) is 2. The number of hydrogen-bond acceptors (Lipinski definition) is 4. The number of aryl methyl sites for hydroxylation is 1. The summed E-state index contributed by atoms with van der Waals surface area (Å²) in [5.41, 5.74) is 3.65. The van der Waals surface area contributed by atoms with Crippen LogP contribution in [-0.4, -0.2) is 35.5 Å². The Balaban J connectivity index is 1.92. The van der Waals surface area contributed by atoms with Gasteiger partial charge in [0, 0.05) is 42.2 Å². The molecule has 1 amide bonds.